The topological polar surface area (TPSA) is 51.7 Å². The van der Waals surface area contributed by atoms with Crippen molar-refractivity contribution in [3.05, 3.63) is 84.2 Å². The van der Waals surface area contributed by atoms with Crippen molar-refractivity contribution < 1.29 is 14.3 Å². The molecule has 0 fully saturated rings. The van der Waals surface area contributed by atoms with Gasteiger partial charge in [-0.05, 0) is 42.0 Å². The second-order valence-electron chi connectivity index (χ2n) is 6.30. The molecular formula is C22H20N2O3. The average molecular weight is 360 g/mol. The molecule has 0 spiro atoms. The summed E-state index contributed by atoms with van der Waals surface area (Å²) in [5, 5.41) is 0. The summed E-state index contributed by atoms with van der Waals surface area (Å²) in [6, 6.07) is 18.8. The maximum absolute atomic E-state index is 13.3. The van der Waals surface area contributed by atoms with Crippen molar-refractivity contribution in [1.82, 2.24) is 4.98 Å². The number of anilines is 1. The minimum atomic E-state index is -0.0966. The van der Waals surface area contributed by atoms with Crippen LogP contribution >= 0.6 is 0 Å². The largest absolute Gasteiger partial charge is 0.490 e. The number of carbonyl (C=O) groups is 1. The lowest BCUT2D eigenvalue weighted by Crippen LogP contribution is -2.30. The SMILES string of the molecule is O=C(c1ccc2c(c1)OCCCO2)N(Cc1cccnc1)c1ccccc1. The predicted molar refractivity (Wildman–Crippen MR) is 103 cm³/mol. The van der Waals surface area contributed by atoms with Crippen molar-refractivity contribution in [1.29, 1.82) is 0 Å². The van der Waals surface area contributed by atoms with Crippen LogP contribution < -0.4 is 14.4 Å². The Labute approximate surface area is 158 Å². The van der Waals surface area contributed by atoms with E-state index in [1.165, 1.54) is 0 Å². The lowest BCUT2D eigenvalue weighted by atomic mass is 10.1. The molecule has 27 heavy (non-hydrogen) atoms. The fraction of sp³-hybridized carbons (Fsp3) is 0.182. The van der Waals surface area contributed by atoms with E-state index in [0.717, 1.165) is 17.7 Å². The molecule has 136 valence electrons. The predicted octanol–water partition coefficient (Wildman–Crippen LogP) is 4.09. The van der Waals surface area contributed by atoms with Gasteiger partial charge in [0.15, 0.2) is 11.5 Å². The Balaban J connectivity index is 1.67. The van der Waals surface area contributed by atoms with Crippen LogP contribution in [-0.2, 0) is 6.54 Å². The summed E-state index contributed by atoms with van der Waals surface area (Å²) in [6.07, 6.45) is 4.33. The zero-order valence-corrected chi connectivity index (χ0v) is 14.9. The van der Waals surface area contributed by atoms with Crippen LogP contribution in [0, 0.1) is 0 Å². The third kappa shape index (κ3) is 3.92. The Morgan fingerprint density at radius 1 is 0.963 bits per heavy atom. The highest BCUT2D eigenvalue weighted by molar-refractivity contribution is 6.06. The van der Waals surface area contributed by atoms with Crippen LogP contribution in [0.2, 0.25) is 0 Å². The molecule has 1 aromatic heterocycles. The molecule has 5 heteroatoms. The van der Waals surface area contributed by atoms with Gasteiger partial charge in [0.05, 0.1) is 19.8 Å². The van der Waals surface area contributed by atoms with Gasteiger partial charge in [-0.15, -0.1) is 0 Å². The van der Waals surface area contributed by atoms with Gasteiger partial charge >= 0.3 is 0 Å². The first kappa shape index (κ1) is 17.1. The van der Waals surface area contributed by atoms with Gasteiger partial charge in [-0.25, -0.2) is 0 Å². The standard InChI is InChI=1S/C22H20N2O3/c25-22(18-9-10-20-21(14-18)27-13-5-12-26-20)24(19-7-2-1-3-8-19)16-17-6-4-11-23-15-17/h1-4,6-11,14-15H,5,12-13,16H2. The van der Waals surface area contributed by atoms with E-state index in [2.05, 4.69) is 4.98 Å². The molecule has 4 rings (SSSR count). The molecule has 1 amide bonds. The maximum atomic E-state index is 13.3. The molecule has 0 N–H and O–H groups in total. The lowest BCUT2D eigenvalue weighted by Gasteiger charge is -2.23. The number of fused-ring (bicyclic) bond motifs is 1. The van der Waals surface area contributed by atoms with Crippen LogP contribution in [0.15, 0.2) is 73.1 Å². The number of benzene rings is 2. The van der Waals surface area contributed by atoms with E-state index in [4.69, 9.17) is 9.47 Å². The Morgan fingerprint density at radius 3 is 2.56 bits per heavy atom. The van der Waals surface area contributed by atoms with E-state index in [1.54, 1.807) is 35.5 Å². The average Bonchev–Trinajstić information content (AvgIpc) is 2.98. The second kappa shape index (κ2) is 7.91. The summed E-state index contributed by atoms with van der Waals surface area (Å²) < 4.78 is 11.4. The number of carbonyl (C=O) groups excluding carboxylic acids is 1. The Kier molecular flexibility index (Phi) is 5.01. The molecule has 3 aromatic rings. The minimum absolute atomic E-state index is 0.0966. The highest BCUT2D eigenvalue weighted by Gasteiger charge is 2.21. The molecule has 2 heterocycles. The van der Waals surface area contributed by atoms with Gasteiger partial charge in [-0.1, -0.05) is 24.3 Å². The molecule has 0 saturated heterocycles. The van der Waals surface area contributed by atoms with Crippen molar-refractivity contribution in [2.75, 3.05) is 18.1 Å². The number of rotatable bonds is 4. The fourth-order valence-electron chi connectivity index (χ4n) is 3.01. The number of aromatic nitrogens is 1. The van der Waals surface area contributed by atoms with Crippen LogP contribution in [-0.4, -0.2) is 24.1 Å². The quantitative estimate of drug-likeness (QED) is 0.703. The number of amides is 1. The Bertz CT molecular complexity index is 913. The van der Waals surface area contributed by atoms with Crippen molar-refractivity contribution in [2.45, 2.75) is 13.0 Å². The normalized spacial score (nSPS) is 12.9. The van der Waals surface area contributed by atoms with Gasteiger partial charge in [0.25, 0.3) is 5.91 Å². The number of nitrogens with zero attached hydrogens (tertiary/aromatic N) is 2. The van der Waals surface area contributed by atoms with Crippen molar-refractivity contribution >= 4 is 11.6 Å². The fourth-order valence-corrected chi connectivity index (χ4v) is 3.01. The monoisotopic (exact) mass is 360 g/mol. The highest BCUT2D eigenvalue weighted by atomic mass is 16.5. The summed E-state index contributed by atoms with van der Waals surface area (Å²) >= 11 is 0. The Morgan fingerprint density at radius 2 is 1.78 bits per heavy atom. The molecule has 0 saturated carbocycles. The first-order valence-electron chi connectivity index (χ1n) is 8.97. The van der Waals surface area contributed by atoms with E-state index in [0.29, 0.717) is 36.8 Å². The van der Waals surface area contributed by atoms with Crippen LogP contribution in [0.3, 0.4) is 0 Å². The molecule has 2 aromatic carbocycles. The molecule has 0 bridgehead atoms. The third-order valence-corrected chi connectivity index (χ3v) is 4.37. The van der Waals surface area contributed by atoms with Gasteiger partial charge in [0.1, 0.15) is 0 Å². The van der Waals surface area contributed by atoms with Crippen LogP contribution in [0.25, 0.3) is 0 Å². The molecule has 1 aliphatic rings. The second-order valence-corrected chi connectivity index (χ2v) is 6.30. The highest BCUT2D eigenvalue weighted by Crippen LogP contribution is 2.31. The third-order valence-electron chi connectivity index (χ3n) is 4.37. The summed E-state index contributed by atoms with van der Waals surface area (Å²) in [4.78, 5) is 19.2. The van der Waals surface area contributed by atoms with Gasteiger partial charge in [-0.3, -0.25) is 9.78 Å². The van der Waals surface area contributed by atoms with E-state index in [9.17, 15) is 4.79 Å². The number of hydrogen-bond donors (Lipinski definition) is 0. The summed E-state index contributed by atoms with van der Waals surface area (Å²) in [7, 11) is 0. The maximum Gasteiger partial charge on any atom is 0.258 e. The van der Waals surface area contributed by atoms with Gasteiger partial charge in [0.2, 0.25) is 0 Å². The van der Waals surface area contributed by atoms with Crippen molar-refractivity contribution in [2.24, 2.45) is 0 Å². The van der Waals surface area contributed by atoms with Gasteiger partial charge < -0.3 is 14.4 Å². The number of para-hydroxylation sites is 1. The van der Waals surface area contributed by atoms with Gasteiger partial charge in [0, 0.05) is 30.1 Å². The summed E-state index contributed by atoms with van der Waals surface area (Å²) in [5.74, 6) is 1.20. The van der Waals surface area contributed by atoms with Crippen molar-refractivity contribution in [3.63, 3.8) is 0 Å². The number of ether oxygens (including phenoxy) is 2. The number of hydrogen-bond acceptors (Lipinski definition) is 4. The molecule has 0 radical (unpaired) electrons. The molecular weight excluding hydrogens is 340 g/mol. The number of pyridine rings is 1. The van der Waals surface area contributed by atoms with Crippen molar-refractivity contribution in [3.8, 4) is 11.5 Å². The molecule has 1 aliphatic heterocycles. The van der Waals surface area contributed by atoms with E-state index >= 15 is 0 Å². The molecule has 0 atom stereocenters. The first-order valence-corrected chi connectivity index (χ1v) is 8.97. The molecule has 0 aliphatic carbocycles. The van der Waals surface area contributed by atoms with Gasteiger partial charge in [-0.2, -0.15) is 0 Å². The zero-order chi connectivity index (χ0) is 18.5. The minimum Gasteiger partial charge on any atom is -0.490 e. The summed E-state index contributed by atoms with van der Waals surface area (Å²) in [5.41, 5.74) is 2.36. The summed E-state index contributed by atoms with van der Waals surface area (Å²) in [6.45, 7) is 1.64. The first-order chi connectivity index (χ1) is 13.3. The molecule has 5 nitrogen and oxygen atoms in total. The van der Waals surface area contributed by atoms with Crippen LogP contribution in [0.1, 0.15) is 22.3 Å². The van der Waals surface area contributed by atoms with E-state index in [-0.39, 0.29) is 5.91 Å². The zero-order valence-electron chi connectivity index (χ0n) is 14.9. The molecule has 0 unspecified atom stereocenters. The van der Waals surface area contributed by atoms with Crippen LogP contribution in [0.4, 0.5) is 5.69 Å². The van der Waals surface area contributed by atoms with E-state index in [1.807, 2.05) is 42.5 Å². The Hall–Kier alpha value is -3.34. The smallest absolute Gasteiger partial charge is 0.258 e. The van der Waals surface area contributed by atoms with Crippen LogP contribution in [0.5, 0.6) is 11.5 Å². The van der Waals surface area contributed by atoms with E-state index < -0.39 is 0 Å². The lowest BCUT2D eigenvalue weighted by molar-refractivity contribution is 0.0984.